The molecular formula is C14H32N2O. The van der Waals surface area contributed by atoms with Gasteiger partial charge in [0.2, 0.25) is 0 Å². The molecule has 1 N–H and O–H groups in total. The van der Waals surface area contributed by atoms with Gasteiger partial charge in [-0.1, -0.05) is 26.7 Å². The van der Waals surface area contributed by atoms with E-state index in [1.165, 1.54) is 32.2 Å². The van der Waals surface area contributed by atoms with Gasteiger partial charge in [0.25, 0.3) is 0 Å². The van der Waals surface area contributed by atoms with E-state index in [0.29, 0.717) is 0 Å². The molecule has 0 aromatic rings. The SMILES string of the molecule is CCCC(CCC)CN(C)CCNCCOC. The van der Waals surface area contributed by atoms with Crippen molar-refractivity contribution in [2.75, 3.05) is 46.9 Å². The van der Waals surface area contributed by atoms with Crippen molar-refractivity contribution < 1.29 is 4.74 Å². The maximum absolute atomic E-state index is 5.00. The highest BCUT2D eigenvalue weighted by molar-refractivity contribution is 4.64. The number of nitrogens with one attached hydrogen (secondary N) is 1. The number of likely N-dealkylation sites (N-methyl/N-ethyl adjacent to an activating group) is 1. The van der Waals surface area contributed by atoms with Crippen molar-refractivity contribution in [1.82, 2.24) is 10.2 Å². The van der Waals surface area contributed by atoms with Crippen LogP contribution in [0, 0.1) is 5.92 Å². The van der Waals surface area contributed by atoms with Crippen molar-refractivity contribution in [3.05, 3.63) is 0 Å². The standard InChI is InChI=1S/C14H32N2O/c1-5-7-14(8-6-2)13-16(3)11-9-15-10-12-17-4/h14-15H,5-13H2,1-4H3. The van der Waals surface area contributed by atoms with Crippen LogP contribution in [0.2, 0.25) is 0 Å². The number of hydrogen-bond acceptors (Lipinski definition) is 3. The van der Waals surface area contributed by atoms with E-state index in [1.807, 2.05) is 0 Å². The zero-order chi connectivity index (χ0) is 12.9. The Labute approximate surface area is 108 Å². The van der Waals surface area contributed by atoms with Gasteiger partial charge in [0, 0.05) is 33.3 Å². The molecule has 0 saturated carbocycles. The Morgan fingerprint density at radius 3 is 2.29 bits per heavy atom. The number of hydrogen-bond donors (Lipinski definition) is 1. The second-order valence-electron chi connectivity index (χ2n) is 4.95. The van der Waals surface area contributed by atoms with Crippen molar-refractivity contribution in [3.8, 4) is 0 Å². The van der Waals surface area contributed by atoms with Crippen LogP contribution < -0.4 is 5.32 Å². The first-order valence-corrected chi connectivity index (χ1v) is 7.12. The average Bonchev–Trinajstić information content (AvgIpc) is 2.29. The van der Waals surface area contributed by atoms with Crippen LogP contribution in [0.15, 0.2) is 0 Å². The number of ether oxygens (including phenoxy) is 1. The van der Waals surface area contributed by atoms with Crippen molar-refractivity contribution in [2.24, 2.45) is 5.92 Å². The van der Waals surface area contributed by atoms with E-state index in [0.717, 1.165) is 32.2 Å². The summed E-state index contributed by atoms with van der Waals surface area (Å²) in [6, 6.07) is 0. The summed E-state index contributed by atoms with van der Waals surface area (Å²) in [7, 11) is 3.98. The zero-order valence-electron chi connectivity index (χ0n) is 12.3. The molecule has 0 aromatic heterocycles. The van der Waals surface area contributed by atoms with Crippen molar-refractivity contribution in [2.45, 2.75) is 39.5 Å². The summed E-state index contributed by atoms with van der Waals surface area (Å²) in [6.07, 6.45) is 5.36. The van der Waals surface area contributed by atoms with Gasteiger partial charge in [0.05, 0.1) is 6.61 Å². The molecule has 0 fully saturated rings. The van der Waals surface area contributed by atoms with E-state index in [2.05, 4.69) is 31.1 Å². The molecule has 0 bridgehead atoms. The first-order valence-electron chi connectivity index (χ1n) is 7.12. The molecule has 0 aliphatic heterocycles. The highest BCUT2D eigenvalue weighted by atomic mass is 16.5. The Hall–Kier alpha value is -0.120. The molecule has 3 heteroatoms. The molecule has 0 aliphatic carbocycles. The van der Waals surface area contributed by atoms with E-state index in [9.17, 15) is 0 Å². The van der Waals surface area contributed by atoms with Gasteiger partial charge in [0.15, 0.2) is 0 Å². The second kappa shape index (κ2) is 12.3. The van der Waals surface area contributed by atoms with E-state index in [-0.39, 0.29) is 0 Å². The predicted molar refractivity (Wildman–Crippen MR) is 75.5 cm³/mol. The Balaban J connectivity index is 3.55. The van der Waals surface area contributed by atoms with Crippen LogP contribution in [0.4, 0.5) is 0 Å². The fraction of sp³-hybridized carbons (Fsp3) is 1.00. The molecule has 0 atom stereocenters. The van der Waals surface area contributed by atoms with Gasteiger partial charge < -0.3 is 15.0 Å². The fourth-order valence-corrected chi connectivity index (χ4v) is 2.24. The number of methoxy groups -OCH3 is 1. The molecule has 17 heavy (non-hydrogen) atoms. The summed E-state index contributed by atoms with van der Waals surface area (Å²) in [4.78, 5) is 2.45. The van der Waals surface area contributed by atoms with Gasteiger partial charge in [-0.2, -0.15) is 0 Å². The van der Waals surface area contributed by atoms with E-state index >= 15 is 0 Å². The molecule has 3 nitrogen and oxygen atoms in total. The van der Waals surface area contributed by atoms with Crippen LogP contribution in [-0.4, -0.2) is 51.8 Å². The largest absolute Gasteiger partial charge is 0.383 e. The molecule has 0 amide bonds. The Bertz CT molecular complexity index is 147. The van der Waals surface area contributed by atoms with Crippen LogP contribution in [0.1, 0.15) is 39.5 Å². The van der Waals surface area contributed by atoms with Crippen molar-refractivity contribution in [1.29, 1.82) is 0 Å². The highest BCUT2D eigenvalue weighted by Gasteiger charge is 2.09. The van der Waals surface area contributed by atoms with Crippen LogP contribution in [-0.2, 0) is 4.74 Å². The maximum Gasteiger partial charge on any atom is 0.0587 e. The Kier molecular flexibility index (Phi) is 12.3. The van der Waals surface area contributed by atoms with E-state index in [4.69, 9.17) is 4.74 Å². The lowest BCUT2D eigenvalue weighted by Crippen LogP contribution is -2.33. The lowest BCUT2D eigenvalue weighted by Gasteiger charge is -2.23. The zero-order valence-corrected chi connectivity index (χ0v) is 12.3. The molecule has 0 rings (SSSR count). The summed E-state index contributed by atoms with van der Waals surface area (Å²) in [5, 5.41) is 3.39. The Morgan fingerprint density at radius 1 is 1.12 bits per heavy atom. The van der Waals surface area contributed by atoms with Gasteiger partial charge in [-0.25, -0.2) is 0 Å². The van der Waals surface area contributed by atoms with Gasteiger partial charge in [-0.15, -0.1) is 0 Å². The molecule has 104 valence electrons. The third kappa shape index (κ3) is 10.7. The predicted octanol–water partition coefficient (Wildman–Crippen LogP) is 2.37. The van der Waals surface area contributed by atoms with Gasteiger partial charge in [0.1, 0.15) is 0 Å². The third-order valence-electron chi connectivity index (χ3n) is 3.12. The molecule has 0 unspecified atom stereocenters. The number of nitrogens with zero attached hydrogens (tertiary/aromatic N) is 1. The normalized spacial score (nSPS) is 11.6. The van der Waals surface area contributed by atoms with Gasteiger partial charge in [-0.3, -0.25) is 0 Å². The lowest BCUT2D eigenvalue weighted by molar-refractivity contribution is 0.196. The summed E-state index contributed by atoms with van der Waals surface area (Å²) in [6.45, 7) is 9.77. The quantitative estimate of drug-likeness (QED) is 0.533. The minimum atomic E-state index is 0.804. The highest BCUT2D eigenvalue weighted by Crippen LogP contribution is 2.14. The molecule has 0 radical (unpaired) electrons. The van der Waals surface area contributed by atoms with Crippen molar-refractivity contribution in [3.63, 3.8) is 0 Å². The van der Waals surface area contributed by atoms with E-state index < -0.39 is 0 Å². The van der Waals surface area contributed by atoms with Crippen LogP contribution in [0.25, 0.3) is 0 Å². The Morgan fingerprint density at radius 2 is 1.76 bits per heavy atom. The third-order valence-corrected chi connectivity index (χ3v) is 3.12. The van der Waals surface area contributed by atoms with Crippen LogP contribution in [0.3, 0.4) is 0 Å². The summed E-state index contributed by atoms with van der Waals surface area (Å²) >= 11 is 0. The van der Waals surface area contributed by atoms with E-state index in [1.54, 1.807) is 7.11 Å². The average molecular weight is 244 g/mol. The summed E-state index contributed by atoms with van der Waals surface area (Å²) < 4.78 is 5.00. The summed E-state index contributed by atoms with van der Waals surface area (Å²) in [5.41, 5.74) is 0. The molecular weight excluding hydrogens is 212 g/mol. The first kappa shape index (κ1) is 16.9. The molecule has 0 aromatic carbocycles. The molecule has 0 spiro atoms. The second-order valence-corrected chi connectivity index (χ2v) is 4.95. The summed E-state index contributed by atoms with van der Waals surface area (Å²) in [5.74, 6) is 0.883. The van der Waals surface area contributed by atoms with Gasteiger partial charge >= 0.3 is 0 Å². The monoisotopic (exact) mass is 244 g/mol. The smallest absolute Gasteiger partial charge is 0.0587 e. The van der Waals surface area contributed by atoms with Gasteiger partial charge in [-0.05, 0) is 25.8 Å². The lowest BCUT2D eigenvalue weighted by atomic mass is 9.98. The number of rotatable bonds is 12. The first-order chi connectivity index (χ1) is 8.24. The minimum Gasteiger partial charge on any atom is -0.383 e. The minimum absolute atomic E-state index is 0.804. The van der Waals surface area contributed by atoms with Crippen LogP contribution >= 0.6 is 0 Å². The molecule has 0 aliphatic rings. The van der Waals surface area contributed by atoms with Crippen LogP contribution in [0.5, 0.6) is 0 Å². The van der Waals surface area contributed by atoms with Crippen molar-refractivity contribution >= 4 is 0 Å². The molecule has 0 saturated heterocycles. The maximum atomic E-state index is 5.00. The fourth-order valence-electron chi connectivity index (χ4n) is 2.24. The topological polar surface area (TPSA) is 24.5 Å². The molecule has 0 heterocycles.